The normalized spacial score (nSPS) is 11.4. The van der Waals surface area contributed by atoms with Crippen LogP contribution >= 0.6 is 0 Å². The van der Waals surface area contributed by atoms with Crippen LogP contribution in [0.1, 0.15) is 43.5 Å². The zero-order chi connectivity index (χ0) is 16.0. The van der Waals surface area contributed by atoms with E-state index in [-0.39, 0.29) is 29.5 Å². The summed E-state index contributed by atoms with van der Waals surface area (Å²) in [6.07, 6.45) is 0.838. The number of carbonyl (C=O) groups excluding carboxylic acids is 2. The van der Waals surface area contributed by atoms with Crippen molar-refractivity contribution >= 4 is 21.6 Å². The van der Waals surface area contributed by atoms with Gasteiger partial charge >= 0.3 is 5.97 Å². The van der Waals surface area contributed by atoms with Crippen LogP contribution < -0.4 is 0 Å². The minimum atomic E-state index is -3.32. The zero-order valence-corrected chi connectivity index (χ0v) is 13.3. The van der Waals surface area contributed by atoms with Gasteiger partial charge in [0.15, 0.2) is 15.6 Å². The molecule has 116 valence electrons. The molecule has 0 saturated heterocycles. The fraction of sp³-hybridized carbons (Fsp3) is 0.467. The van der Waals surface area contributed by atoms with Crippen LogP contribution in [0.4, 0.5) is 0 Å². The highest BCUT2D eigenvalue weighted by atomic mass is 32.2. The van der Waals surface area contributed by atoms with E-state index in [1.807, 2.05) is 0 Å². The number of esters is 1. The van der Waals surface area contributed by atoms with Crippen LogP contribution in [0.25, 0.3) is 0 Å². The Morgan fingerprint density at radius 1 is 1.10 bits per heavy atom. The molecule has 1 aromatic carbocycles. The van der Waals surface area contributed by atoms with Gasteiger partial charge in [0.2, 0.25) is 0 Å². The molecule has 0 fully saturated rings. The van der Waals surface area contributed by atoms with Crippen molar-refractivity contribution in [3.05, 3.63) is 29.8 Å². The topological polar surface area (TPSA) is 77.5 Å². The van der Waals surface area contributed by atoms with Crippen molar-refractivity contribution < 1.29 is 22.7 Å². The van der Waals surface area contributed by atoms with Crippen molar-refractivity contribution in [1.82, 2.24) is 0 Å². The summed E-state index contributed by atoms with van der Waals surface area (Å²) in [7, 11) is -2.02. The number of carbonyl (C=O) groups is 2. The van der Waals surface area contributed by atoms with Gasteiger partial charge < -0.3 is 4.74 Å². The van der Waals surface area contributed by atoms with Crippen LogP contribution in [-0.2, 0) is 19.4 Å². The summed E-state index contributed by atoms with van der Waals surface area (Å²) in [4.78, 5) is 23.1. The third kappa shape index (κ3) is 4.67. The number of hydrogen-bond donors (Lipinski definition) is 0. The number of sulfone groups is 1. The Labute approximate surface area is 125 Å². The predicted octanol–water partition coefficient (Wildman–Crippen LogP) is 2.39. The van der Waals surface area contributed by atoms with Crippen LogP contribution in [0.5, 0.6) is 0 Å². The third-order valence-corrected chi connectivity index (χ3v) is 5.31. The summed E-state index contributed by atoms with van der Waals surface area (Å²) >= 11 is 0. The molecule has 5 nitrogen and oxygen atoms in total. The lowest BCUT2D eigenvalue weighted by atomic mass is 10.1. The highest BCUT2D eigenvalue weighted by Crippen LogP contribution is 2.17. The van der Waals surface area contributed by atoms with Crippen molar-refractivity contribution in [2.24, 2.45) is 0 Å². The molecule has 0 heterocycles. The average molecular weight is 312 g/mol. The average Bonchev–Trinajstić information content (AvgIpc) is 2.46. The Balaban J connectivity index is 2.70. The van der Waals surface area contributed by atoms with Crippen molar-refractivity contribution in [2.45, 2.75) is 43.3 Å². The Bertz CT molecular complexity index is 599. The lowest BCUT2D eigenvalue weighted by Crippen LogP contribution is -2.14. The van der Waals surface area contributed by atoms with E-state index in [0.717, 1.165) is 0 Å². The number of methoxy groups -OCH3 is 1. The summed E-state index contributed by atoms with van der Waals surface area (Å²) in [5.41, 5.74) is 0.447. The maximum absolute atomic E-state index is 12.0. The summed E-state index contributed by atoms with van der Waals surface area (Å²) < 4.78 is 28.4. The minimum Gasteiger partial charge on any atom is -0.469 e. The van der Waals surface area contributed by atoms with Crippen LogP contribution in [0, 0.1) is 0 Å². The molecule has 0 aliphatic carbocycles. The molecule has 0 aromatic heterocycles. The van der Waals surface area contributed by atoms with Crippen molar-refractivity contribution in [1.29, 1.82) is 0 Å². The van der Waals surface area contributed by atoms with Gasteiger partial charge in [-0.3, -0.25) is 9.59 Å². The lowest BCUT2D eigenvalue weighted by Gasteiger charge is -2.08. The van der Waals surface area contributed by atoms with Crippen molar-refractivity contribution in [3.63, 3.8) is 0 Å². The molecule has 6 heteroatoms. The maximum Gasteiger partial charge on any atom is 0.305 e. The molecule has 0 N–H and O–H groups in total. The third-order valence-electron chi connectivity index (χ3n) is 3.14. The molecule has 0 spiro atoms. The standard InChI is InChI=1S/C15H20O5S/c1-11(2)21(18,19)13-9-7-12(8-10-13)14(16)5-4-6-15(17)20-3/h7-11H,4-6H2,1-3H3. The van der Waals surface area contributed by atoms with E-state index in [2.05, 4.69) is 4.74 Å². The second-order valence-electron chi connectivity index (χ2n) is 4.97. The van der Waals surface area contributed by atoms with E-state index in [1.165, 1.54) is 31.4 Å². The second-order valence-corrected chi connectivity index (χ2v) is 7.48. The fourth-order valence-corrected chi connectivity index (χ4v) is 2.80. The van der Waals surface area contributed by atoms with Gasteiger partial charge in [-0.15, -0.1) is 0 Å². The van der Waals surface area contributed by atoms with Gasteiger partial charge in [0.1, 0.15) is 0 Å². The fourth-order valence-electron chi connectivity index (χ4n) is 1.74. The van der Waals surface area contributed by atoms with E-state index in [1.54, 1.807) is 13.8 Å². The van der Waals surface area contributed by atoms with Gasteiger partial charge in [-0.05, 0) is 32.4 Å². The number of ether oxygens (including phenoxy) is 1. The molecular weight excluding hydrogens is 292 g/mol. The first-order valence-corrected chi connectivity index (χ1v) is 8.27. The zero-order valence-electron chi connectivity index (χ0n) is 12.5. The van der Waals surface area contributed by atoms with Crippen molar-refractivity contribution in [3.8, 4) is 0 Å². The molecular formula is C15H20O5S. The Hall–Kier alpha value is -1.69. The SMILES string of the molecule is COC(=O)CCCC(=O)c1ccc(S(=O)(=O)C(C)C)cc1. The molecule has 1 aromatic rings. The smallest absolute Gasteiger partial charge is 0.305 e. The van der Waals surface area contributed by atoms with E-state index < -0.39 is 15.1 Å². The molecule has 0 radical (unpaired) electrons. The number of hydrogen-bond acceptors (Lipinski definition) is 5. The summed E-state index contributed by atoms with van der Waals surface area (Å²) in [6.45, 7) is 3.22. The van der Waals surface area contributed by atoms with Gasteiger partial charge in [0.05, 0.1) is 17.3 Å². The van der Waals surface area contributed by atoms with Gasteiger partial charge in [0.25, 0.3) is 0 Å². The van der Waals surface area contributed by atoms with Gasteiger partial charge in [0, 0.05) is 18.4 Å². The maximum atomic E-state index is 12.0. The molecule has 0 atom stereocenters. The molecule has 0 aliphatic rings. The Kier molecular flexibility index (Phi) is 6.08. The number of Topliss-reactive ketones (excluding diaryl/α,β-unsaturated/α-hetero) is 1. The van der Waals surface area contributed by atoms with Crippen LogP contribution in [-0.4, -0.2) is 32.5 Å². The summed E-state index contributed by atoms with van der Waals surface area (Å²) in [6, 6.07) is 5.91. The number of benzene rings is 1. The molecule has 0 saturated carbocycles. The molecule has 0 bridgehead atoms. The van der Waals surface area contributed by atoms with Crippen LogP contribution in [0.15, 0.2) is 29.2 Å². The summed E-state index contributed by atoms with van der Waals surface area (Å²) in [5, 5.41) is -0.501. The summed E-state index contributed by atoms with van der Waals surface area (Å²) in [5.74, 6) is -0.464. The molecule has 1 rings (SSSR count). The monoisotopic (exact) mass is 312 g/mol. The highest BCUT2D eigenvalue weighted by Gasteiger charge is 2.19. The minimum absolute atomic E-state index is 0.118. The van der Waals surface area contributed by atoms with Gasteiger partial charge in [-0.25, -0.2) is 8.42 Å². The van der Waals surface area contributed by atoms with Gasteiger partial charge in [-0.2, -0.15) is 0 Å². The number of ketones is 1. The first-order valence-electron chi connectivity index (χ1n) is 6.73. The number of rotatable bonds is 7. The first-order chi connectivity index (χ1) is 9.78. The molecule has 0 aliphatic heterocycles. The van der Waals surface area contributed by atoms with E-state index >= 15 is 0 Å². The molecule has 0 unspecified atom stereocenters. The molecule has 21 heavy (non-hydrogen) atoms. The van der Waals surface area contributed by atoms with Gasteiger partial charge in [-0.1, -0.05) is 12.1 Å². The molecule has 0 amide bonds. The van der Waals surface area contributed by atoms with E-state index in [0.29, 0.717) is 12.0 Å². The largest absolute Gasteiger partial charge is 0.469 e. The van der Waals surface area contributed by atoms with Crippen LogP contribution in [0.2, 0.25) is 0 Å². The second kappa shape index (κ2) is 7.36. The highest BCUT2D eigenvalue weighted by molar-refractivity contribution is 7.92. The Morgan fingerprint density at radius 2 is 1.67 bits per heavy atom. The van der Waals surface area contributed by atoms with Crippen molar-refractivity contribution in [2.75, 3.05) is 7.11 Å². The first kappa shape index (κ1) is 17.4. The lowest BCUT2D eigenvalue weighted by molar-refractivity contribution is -0.140. The Morgan fingerprint density at radius 3 is 2.14 bits per heavy atom. The van der Waals surface area contributed by atoms with E-state index in [9.17, 15) is 18.0 Å². The van der Waals surface area contributed by atoms with Crippen LogP contribution in [0.3, 0.4) is 0 Å². The predicted molar refractivity (Wildman–Crippen MR) is 79.0 cm³/mol. The van der Waals surface area contributed by atoms with E-state index in [4.69, 9.17) is 0 Å². The quantitative estimate of drug-likeness (QED) is 0.570.